The Labute approximate surface area is 183 Å². The Morgan fingerprint density at radius 1 is 1.17 bits per heavy atom. The number of amides is 1. The minimum Gasteiger partial charge on any atom is -0.479 e. The zero-order chi connectivity index (χ0) is 22.1. The molecule has 1 aromatic carbocycles. The van der Waals surface area contributed by atoms with Crippen LogP contribution in [0.5, 0.6) is 0 Å². The van der Waals surface area contributed by atoms with Gasteiger partial charge in [0.2, 0.25) is 5.91 Å². The Bertz CT molecular complexity index is 678. The molecule has 0 bridgehead atoms. The molecule has 8 nitrogen and oxygen atoms in total. The third-order valence-electron chi connectivity index (χ3n) is 5.37. The van der Waals surface area contributed by atoms with Gasteiger partial charge >= 0.3 is 5.97 Å². The van der Waals surface area contributed by atoms with Crippen molar-refractivity contribution in [2.45, 2.75) is 19.4 Å². The summed E-state index contributed by atoms with van der Waals surface area (Å²) in [6.45, 7) is 8.86. The van der Waals surface area contributed by atoms with Crippen molar-refractivity contribution >= 4 is 29.2 Å². The van der Waals surface area contributed by atoms with Crippen LogP contribution in [-0.4, -0.2) is 97.5 Å². The molecular weight excluding hydrogens is 410 g/mol. The van der Waals surface area contributed by atoms with Crippen LogP contribution in [0, 0.1) is 5.92 Å². The lowest BCUT2D eigenvalue weighted by molar-refractivity contribution is -0.145. The fourth-order valence-electron chi connectivity index (χ4n) is 3.51. The van der Waals surface area contributed by atoms with E-state index in [-0.39, 0.29) is 11.8 Å². The second-order valence-corrected chi connectivity index (χ2v) is 8.04. The lowest BCUT2D eigenvalue weighted by atomic mass is 10.1. The van der Waals surface area contributed by atoms with Gasteiger partial charge in [0.25, 0.3) is 0 Å². The summed E-state index contributed by atoms with van der Waals surface area (Å²) in [7, 11) is 1.74. The van der Waals surface area contributed by atoms with Crippen LogP contribution in [-0.2, 0) is 14.3 Å². The van der Waals surface area contributed by atoms with Crippen LogP contribution in [0.15, 0.2) is 24.3 Å². The van der Waals surface area contributed by atoms with Crippen LogP contribution >= 0.6 is 11.6 Å². The number of aliphatic hydroxyl groups is 1. The number of nitrogens with zero attached hydrogens (tertiary/aromatic N) is 3. The van der Waals surface area contributed by atoms with E-state index in [4.69, 9.17) is 26.6 Å². The molecule has 9 heteroatoms. The van der Waals surface area contributed by atoms with Crippen molar-refractivity contribution in [3.8, 4) is 0 Å². The van der Waals surface area contributed by atoms with E-state index in [2.05, 4.69) is 9.80 Å². The fourth-order valence-corrected chi connectivity index (χ4v) is 3.64. The number of halogens is 1. The normalized spacial score (nSPS) is 21.3. The molecule has 2 atom stereocenters. The molecule has 0 radical (unpaired) electrons. The van der Waals surface area contributed by atoms with Gasteiger partial charge in [0, 0.05) is 63.6 Å². The second kappa shape index (κ2) is 12.2. The maximum atomic E-state index is 12.7. The van der Waals surface area contributed by atoms with E-state index < -0.39 is 12.1 Å². The van der Waals surface area contributed by atoms with Crippen molar-refractivity contribution in [3.05, 3.63) is 29.3 Å². The molecule has 0 saturated carbocycles. The second-order valence-electron chi connectivity index (χ2n) is 7.60. The molecule has 0 aliphatic carbocycles. The molecule has 168 valence electrons. The molecule has 2 fully saturated rings. The summed E-state index contributed by atoms with van der Waals surface area (Å²) in [6, 6.07) is 7.54. The van der Waals surface area contributed by atoms with E-state index in [1.54, 1.807) is 7.11 Å². The monoisotopic (exact) mass is 441 g/mol. The smallest absolute Gasteiger partial charge is 0.332 e. The fraction of sp³-hybridized carbons (Fsp3) is 0.619. The van der Waals surface area contributed by atoms with Crippen LogP contribution in [0.25, 0.3) is 0 Å². The van der Waals surface area contributed by atoms with E-state index in [0.29, 0.717) is 5.02 Å². The van der Waals surface area contributed by atoms with Crippen molar-refractivity contribution in [3.63, 3.8) is 0 Å². The Morgan fingerprint density at radius 2 is 1.73 bits per heavy atom. The number of benzene rings is 1. The predicted octanol–water partition coefficient (Wildman–Crippen LogP) is 1.41. The number of carboxylic acids is 1. The van der Waals surface area contributed by atoms with Gasteiger partial charge in [-0.2, -0.15) is 0 Å². The minimum atomic E-state index is -1.23. The van der Waals surface area contributed by atoms with E-state index >= 15 is 0 Å². The van der Waals surface area contributed by atoms with E-state index in [9.17, 15) is 9.59 Å². The van der Waals surface area contributed by atoms with Crippen LogP contribution < -0.4 is 4.90 Å². The maximum Gasteiger partial charge on any atom is 0.332 e. The molecule has 3 rings (SSSR count). The Hall–Kier alpha value is -1.71. The van der Waals surface area contributed by atoms with Crippen molar-refractivity contribution in [1.29, 1.82) is 0 Å². The van der Waals surface area contributed by atoms with Crippen molar-refractivity contribution in [1.82, 2.24) is 9.80 Å². The van der Waals surface area contributed by atoms with Gasteiger partial charge in [-0.3, -0.25) is 9.69 Å². The first-order valence-electron chi connectivity index (χ1n) is 10.2. The number of methoxy groups -OCH3 is 1. The van der Waals surface area contributed by atoms with Crippen LogP contribution in [0.1, 0.15) is 13.3 Å². The van der Waals surface area contributed by atoms with Gasteiger partial charge < -0.3 is 24.7 Å². The third-order valence-corrected chi connectivity index (χ3v) is 5.62. The summed E-state index contributed by atoms with van der Waals surface area (Å²) in [4.78, 5) is 28.9. The number of hydrogen-bond donors (Lipinski definition) is 2. The summed E-state index contributed by atoms with van der Waals surface area (Å²) in [6.07, 6.45) is -0.296. The number of anilines is 1. The first-order valence-corrected chi connectivity index (χ1v) is 10.6. The number of rotatable bonds is 7. The molecule has 2 N–H and O–H groups in total. The number of carboxylic acid groups (broad SMARTS) is 1. The Morgan fingerprint density at radius 3 is 2.27 bits per heavy atom. The lowest BCUT2D eigenvalue weighted by Crippen LogP contribution is -2.49. The number of carbonyl (C=O) groups excluding carboxylic acids is 1. The van der Waals surface area contributed by atoms with Gasteiger partial charge in [0.15, 0.2) is 0 Å². The SMILES string of the molecule is COCCN1CCN(C[C@H]2CCN(c3ccc(Cl)cc3)C2=O)CC1.C[C@H](O)C(=O)O. The quantitative estimate of drug-likeness (QED) is 0.660. The summed E-state index contributed by atoms with van der Waals surface area (Å²) in [5.41, 5.74) is 0.955. The number of piperazine rings is 1. The Balaban J connectivity index is 0.000000469. The van der Waals surface area contributed by atoms with Crippen LogP contribution in [0.2, 0.25) is 5.02 Å². The van der Waals surface area contributed by atoms with Crippen LogP contribution in [0.3, 0.4) is 0 Å². The van der Waals surface area contributed by atoms with Gasteiger partial charge in [-0.05, 0) is 37.6 Å². The molecule has 2 aliphatic heterocycles. The van der Waals surface area contributed by atoms with Gasteiger partial charge in [-0.25, -0.2) is 4.79 Å². The van der Waals surface area contributed by atoms with Crippen molar-refractivity contribution in [2.75, 3.05) is 64.4 Å². The maximum absolute atomic E-state index is 12.7. The molecule has 2 aliphatic rings. The number of carbonyl (C=O) groups is 2. The molecule has 0 spiro atoms. The molecule has 1 aromatic rings. The number of ether oxygens (including phenoxy) is 1. The zero-order valence-corrected chi connectivity index (χ0v) is 18.4. The summed E-state index contributed by atoms with van der Waals surface area (Å²) in [5.74, 6) is -0.819. The molecule has 0 aromatic heterocycles. The highest BCUT2D eigenvalue weighted by Crippen LogP contribution is 2.27. The van der Waals surface area contributed by atoms with Gasteiger partial charge in [-0.1, -0.05) is 11.6 Å². The highest BCUT2D eigenvalue weighted by atomic mass is 35.5. The molecule has 1 amide bonds. The van der Waals surface area contributed by atoms with E-state index in [1.165, 1.54) is 6.92 Å². The Kier molecular flexibility index (Phi) is 10.0. The first kappa shape index (κ1) is 24.6. The van der Waals surface area contributed by atoms with Crippen molar-refractivity contribution in [2.24, 2.45) is 5.92 Å². The average Bonchev–Trinajstić information content (AvgIpc) is 3.08. The zero-order valence-electron chi connectivity index (χ0n) is 17.7. The first-order chi connectivity index (χ1) is 14.3. The highest BCUT2D eigenvalue weighted by molar-refractivity contribution is 6.30. The molecule has 0 unspecified atom stereocenters. The van der Waals surface area contributed by atoms with Gasteiger partial charge in [-0.15, -0.1) is 0 Å². The van der Waals surface area contributed by atoms with Crippen LogP contribution in [0.4, 0.5) is 5.69 Å². The largest absolute Gasteiger partial charge is 0.479 e. The third kappa shape index (κ3) is 7.52. The topological polar surface area (TPSA) is 93.5 Å². The molecule has 2 saturated heterocycles. The number of aliphatic carboxylic acids is 1. The molecule has 30 heavy (non-hydrogen) atoms. The highest BCUT2D eigenvalue weighted by Gasteiger charge is 2.34. The number of aliphatic hydroxyl groups excluding tert-OH is 1. The standard InChI is InChI=1S/C18H26ClN3O2.C3H6O3/c1-24-13-12-20-8-10-21(11-9-20)14-15-6-7-22(18(15)23)17-4-2-16(19)3-5-17;1-2(4)3(5)6/h2-5,15H,6-14H2,1H3;2,4H,1H3,(H,5,6)/t15-;2-/m10/s1. The summed E-state index contributed by atoms with van der Waals surface area (Å²) < 4.78 is 5.14. The molecular formula is C21H32ClN3O5. The summed E-state index contributed by atoms with van der Waals surface area (Å²) >= 11 is 5.93. The molecule has 2 heterocycles. The lowest BCUT2D eigenvalue weighted by Gasteiger charge is -2.35. The van der Waals surface area contributed by atoms with E-state index in [0.717, 1.165) is 64.5 Å². The average molecular weight is 442 g/mol. The van der Waals surface area contributed by atoms with Gasteiger partial charge in [0.05, 0.1) is 12.5 Å². The van der Waals surface area contributed by atoms with Gasteiger partial charge in [0.1, 0.15) is 6.10 Å². The number of hydrogen-bond acceptors (Lipinski definition) is 6. The van der Waals surface area contributed by atoms with Crippen molar-refractivity contribution < 1.29 is 24.5 Å². The minimum absolute atomic E-state index is 0.117. The summed E-state index contributed by atoms with van der Waals surface area (Å²) in [5, 5.41) is 16.5. The van der Waals surface area contributed by atoms with E-state index in [1.807, 2.05) is 29.2 Å². The predicted molar refractivity (Wildman–Crippen MR) is 116 cm³/mol.